The molecule has 1 atom stereocenters. The molecule has 1 amide bonds. The lowest BCUT2D eigenvalue weighted by Gasteiger charge is -2.26. The molecule has 5 heteroatoms. The summed E-state index contributed by atoms with van der Waals surface area (Å²) >= 11 is 7.45. The van der Waals surface area contributed by atoms with Crippen molar-refractivity contribution in [3.8, 4) is 0 Å². The van der Waals surface area contributed by atoms with Gasteiger partial charge in [0.25, 0.3) is 0 Å². The number of aryl methyl sites for hydroxylation is 1. The zero-order valence-electron chi connectivity index (χ0n) is 11.3. The third kappa shape index (κ3) is 2.78. The molecule has 2 aromatic carbocycles. The summed E-state index contributed by atoms with van der Waals surface area (Å²) in [7, 11) is 0. The van der Waals surface area contributed by atoms with Crippen molar-refractivity contribution in [2.75, 3.05) is 10.7 Å². The van der Waals surface area contributed by atoms with Crippen LogP contribution >= 0.6 is 23.4 Å². The van der Waals surface area contributed by atoms with Crippen LogP contribution in [0.3, 0.4) is 0 Å². The Morgan fingerprint density at radius 2 is 1.95 bits per heavy atom. The zero-order chi connectivity index (χ0) is 15.0. The first kappa shape index (κ1) is 14.4. The summed E-state index contributed by atoms with van der Waals surface area (Å²) in [6.07, 6.45) is 0. The number of hydrogen-bond donors (Lipinski definition) is 0. The van der Waals surface area contributed by atoms with Gasteiger partial charge in [0.05, 0.1) is 11.4 Å². The molecule has 2 nitrogen and oxygen atoms in total. The molecule has 1 aliphatic heterocycles. The minimum atomic E-state index is -0.338. The van der Waals surface area contributed by atoms with Gasteiger partial charge in [-0.3, -0.25) is 9.69 Å². The van der Waals surface area contributed by atoms with Crippen LogP contribution in [0.5, 0.6) is 0 Å². The highest BCUT2D eigenvalue weighted by Gasteiger charge is 2.34. The number of thioether (sulfide) groups is 1. The number of benzene rings is 2. The predicted octanol–water partition coefficient (Wildman–Crippen LogP) is 4.57. The van der Waals surface area contributed by atoms with Gasteiger partial charge >= 0.3 is 0 Å². The average molecular weight is 322 g/mol. The summed E-state index contributed by atoms with van der Waals surface area (Å²) in [6.45, 7) is 1.88. The molecule has 0 aromatic heterocycles. The Bertz CT molecular complexity index is 689. The molecular formula is C16H13ClFNOS. The van der Waals surface area contributed by atoms with Crippen molar-refractivity contribution < 1.29 is 9.18 Å². The Labute approximate surface area is 131 Å². The van der Waals surface area contributed by atoms with Crippen LogP contribution in [0.2, 0.25) is 5.02 Å². The monoisotopic (exact) mass is 321 g/mol. The summed E-state index contributed by atoms with van der Waals surface area (Å²) in [5, 5.41) is 0.511. The van der Waals surface area contributed by atoms with Crippen molar-refractivity contribution in [2.45, 2.75) is 12.3 Å². The summed E-state index contributed by atoms with van der Waals surface area (Å²) in [4.78, 5) is 13.9. The normalized spacial score (nSPS) is 18.3. The Balaban J connectivity index is 2.03. The first-order chi connectivity index (χ1) is 10.1. The summed E-state index contributed by atoms with van der Waals surface area (Å²) < 4.78 is 13.5. The van der Waals surface area contributed by atoms with Crippen LogP contribution in [-0.4, -0.2) is 11.7 Å². The van der Waals surface area contributed by atoms with E-state index in [0.29, 0.717) is 16.5 Å². The summed E-state index contributed by atoms with van der Waals surface area (Å²) in [5.41, 5.74) is 2.50. The van der Waals surface area contributed by atoms with E-state index in [1.54, 1.807) is 23.1 Å². The number of carbonyl (C=O) groups excluding carboxylic acids is 1. The maximum Gasteiger partial charge on any atom is 0.238 e. The van der Waals surface area contributed by atoms with Crippen LogP contribution in [0.1, 0.15) is 16.5 Å². The molecule has 0 radical (unpaired) electrons. The second kappa shape index (κ2) is 5.70. The number of carbonyl (C=O) groups is 1. The fraction of sp³-hybridized carbons (Fsp3) is 0.188. The van der Waals surface area contributed by atoms with Crippen LogP contribution < -0.4 is 4.90 Å². The lowest BCUT2D eigenvalue weighted by atomic mass is 10.1. The average Bonchev–Trinajstić information content (AvgIpc) is 2.84. The van der Waals surface area contributed by atoms with Crippen LogP contribution in [0.25, 0.3) is 0 Å². The van der Waals surface area contributed by atoms with Gasteiger partial charge in [-0.15, -0.1) is 11.8 Å². The highest BCUT2D eigenvalue weighted by Crippen LogP contribution is 2.43. The fourth-order valence-electron chi connectivity index (χ4n) is 2.40. The zero-order valence-corrected chi connectivity index (χ0v) is 12.9. The van der Waals surface area contributed by atoms with Crippen LogP contribution in [0.4, 0.5) is 10.1 Å². The summed E-state index contributed by atoms with van der Waals surface area (Å²) in [5.74, 6) is 0.0484. The van der Waals surface area contributed by atoms with Gasteiger partial charge in [0.2, 0.25) is 5.91 Å². The van der Waals surface area contributed by atoms with Crippen molar-refractivity contribution in [2.24, 2.45) is 0 Å². The van der Waals surface area contributed by atoms with Gasteiger partial charge in [-0.25, -0.2) is 4.39 Å². The molecule has 1 heterocycles. The topological polar surface area (TPSA) is 20.3 Å². The molecule has 0 spiro atoms. The van der Waals surface area contributed by atoms with E-state index in [1.807, 2.05) is 19.1 Å². The van der Waals surface area contributed by atoms with E-state index in [0.717, 1.165) is 11.1 Å². The Morgan fingerprint density at radius 1 is 1.24 bits per heavy atom. The van der Waals surface area contributed by atoms with Gasteiger partial charge in [0, 0.05) is 5.02 Å². The minimum absolute atomic E-state index is 0.00588. The third-order valence-corrected chi connectivity index (χ3v) is 4.92. The SMILES string of the molecule is Cc1ccc(F)cc1N1C(=O)CS[C@@H]1c1ccc(Cl)cc1. The number of nitrogens with zero attached hydrogens (tertiary/aromatic N) is 1. The molecule has 1 fully saturated rings. The van der Waals surface area contributed by atoms with Crippen LogP contribution in [-0.2, 0) is 4.79 Å². The Morgan fingerprint density at radius 3 is 2.67 bits per heavy atom. The molecule has 108 valence electrons. The molecule has 21 heavy (non-hydrogen) atoms. The van der Waals surface area contributed by atoms with Crippen molar-refractivity contribution in [3.63, 3.8) is 0 Å². The number of hydrogen-bond acceptors (Lipinski definition) is 2. The maximum atomic E-state index is 13.5. The van der Waals surface area contributed by atoms with Crippen molar-refractivity contribution >= 4 is 35.0 Å². The molecule has 0 saturated carbocycles. The smallest absolute Gasteiger partial charge is 0.238 e. The Hall–Kier alpha value is -1.52. The largest absolute Gasteiger partial charge is 0.295 e. The number of anilines is 1. The molecule has 0 aliphatic carbocycles. The van der Waals surface area contributed by atoms with Gasteiger partial charge < -0.3 is 0 Å². The van der Waals surface area contributed by atoms with Gasteiger partial charge in [0.1, 0.15) is 11.2 Å². The van der Waals surface area contributed by atoms with E-state index in [-0.39, 0.29) is 17.1 Å². The first-order valence-electron chi connectivity index (χ1n) is 6.51. The molecule has 1 aliphatic rings. The highest BCUT2D eigenvalue weighted by molar-refractivity contribution is 8.00. The first-order valence-corrected chi connectivity index (χ1v) is 7.94. The molecule has 0 N–H and O–H groups in total. The second-order valence-corrected chi connectivity index (χ2v) is 6.41. The number of rotatable bonds is 2. The fourth-order valence-corrected chi connectivity index (χ4v) is 3.70. The van der Waals surface area contributed by atoms with E-state index in [9.17, 15) is 9.18 Å². The third-order valence-electron chi connectivity index (χ3n) is 3.45. The second-order valence-electron chi connectivity index (χ2n) is 4.91. The number of halogens is 2. The van der Waals surface area contributed by atoms with E-state index < -0.39 is 0 Å². The Kier molecular flexibility index (Phi) is 3.91. The lowest BCUT2D eigenvalue weighted by molar-refractivity contribution is -0.115. The number of amides is 1. The van der Waals surface area contributed by atoms with Crippen molar-refractivity contribution in [1.29, 1.82) is 0 Å². The van der Waals surface area contributed by atoms with E-state index in [4.69, 9.17) is 11.6 Å². The van der Waals surface area contributed by atoms with Crippen molar-refractivity contribution in [3.05, 3.63) is 64.4 Å². The molecular weight excluding hydrogens is 309 g/mol. The molecule has 2 aromatic rings. The summed E-state index contributed by atoms with van der Waals surface area (Å²) in [6, 6.07) is 11.9. The van der Waals surface area contributed by atoms with E-state index in [2.05, 4.69) is 0 Å². The molecule has 0 bridgehead atoms. The van der Waals surface area contributed by atoms with Crippen LogP contribution in [0.15, 0.2) is 42.5 Å². The molecule has 0 unspecified atom stereocenters. The maximum absolute atomic E-state index is 13.5. The van der Waals surface area contributed by atoms with E-state index in [1.165, 1.54) is 23.9 Å². The highest BCUT2D eigenvalue weighted by atomic mass is 35.5. The lowest BCUT2D eigenvalue weighted by Crippen LogP contribution is -2.28. The molecule has 1 saturated heterocycles. The van der Waals surface area contributed by atoms with Gasteiger partial charge in [-0.1, -0.05) is 29.8 Å². The van der Waals surface area contributed by atoms with Crippen molar-refractivity contribution in [1.82, 2.24) is 0 Å². The quantitative estimate of drug-likeness (QED) is 0.807. The standard InChI is InChI=1S/C16H13ClFNOS/c1-10-2-7-13(18)8-14(10)19-15(20)9-21-16(19)11-3-5-12(17)6-4-11/h2-8,16H,9H2,1H3/t16-/m1/s1. The van der Waals surface area contributed by atoms with Gasteiger partial charge in [0.15, 0.2) is 0 Å². The predicted molar refractivity (Wildman–Crippen MR) is 85.3 cm³/mol. The minimum Gasteiger partial charge on any atom is -0.295 e. The molecule has 3 rings (SSSR count). The van der Waals surface area contributed by atoms with E-state index >= 15 is 0 Å². The van der Waals surface area contributed by atoms with Gasteiger partial charge in [-0.05, 0) is 42.3 Å². The van der Waals surface area contributed by atoms with Crippen LogP contribution in [0, 0.1) is 12.7 Å². The van der Waals surface area contributed by atoms with Gasteiger partial charge in [-0.2, -0.15) is 0 Å².